The summed E-state index contributed by atoms with van der Waals surface area (Å²) < 4.78 is 3.68. The predicted octanol–water partition coefficient (Wildman–Crippen LogP) is 13.9. The molecule has 0 unspecified atom stereocenters. The van der Waals surface area contributed by atoms with Crippen molar-refractivity contribution >= 4 is 96.5 Å². The minimum Gasteiger partial charge on any atom is -0.309 e. The topological polar surface area (TPSA) is 30.7 Å². The van der Waals surface area contributed by atoms with Crippen LogP contribution in [0.4, 0.5) is 0 Å². The third kappa shape index (κ3) is 4.23. The van der Waals surface area contributed by atoms with Gasteiger partial charge in [0.1, 0.15) is 4.83 Å². The molecular weight excluding hydrogens is 675 g/mol. The molecule has 12 rings (SSSR count). The molecule has 0 saturated carbocycles. The van der Waals surface area contributed by atoms with E-state index in [0.717, 1.165) is 49.3 Å². The Bertz CT molecular complexity index is 3420. The standard InChI is InChI=1S/C50H29N3S/c1-2-14-33-29-34(24-23-30(33)11-1)48-47-40-17-7-8-22-44(40)54-50(47)52-49(51-48)39-20-9-19-38-37(39)18-10-21-41(38)53-42-27-25-31-12-3-5-15-35(31)45(42)46-36-16-6-4-13-32(36)26-28-43(46)53/h1-29H. The van der Waals surface area contributed by atoms with E-state index in [4.69, 9.17) is 9.97 Å². The Kier molecular flexibility index (Phi) is 6.21. The van der Waals surface area contributed by atoms with Crippen molar-refractivity contribution < 1.29 is 0 Å². The smallest absolute Gasteiger partial charge is 0.162 e. The molecule has 0 aliphatic carbocycles. The van der Waals surface area contributed by atoms with Crippen LogP contribution in [0.15, 0.2) is 176 Å². The fourth-order valence-corrected chi connectivity index (χ4v) is 9.86. The number of thiophene rings is 1. The summed E-state index contributed by atoms with van der Waals surface area (Å²) in [6.45, 7) is 0. The maximum Gasteiger partial charge on any atom is 0.162 e. The summed E-state index contributed by atoms with van der Waals surface area (Å²) in [5.41, 5.74) is 6.60. The Morgan fingerprint density at radius 2 is 1.00 bits per heavy atom. The van der Waals surface area contributed by atoms with Crippen LogP contribution in [0.25, 0.3) is 114 Å². The Labute approximate surface area is 314 Å². The first-order chi connectivity index (χ1) is 26.8. The molecule has 3 aromatic heterocycles. The molecule has 0 atom stereocenters. The molecule has 0 bridgehead atoms. The highest BCUT2D eigenvalue weighted by atomic mass is 32.1. The number of rotatable bonds is 3. The lowest BCUT2D eigenvalue weighted by atomic mass is 10.00. The van der Waals surface area contributed by atoms with E-state index < -0.39 is 0 Å². The lowest BCUT2D eigenvalue weighted by Gasteiger charge is -2.14. The number of nitrogens with zero attached hydrogens (tertiary/aromatic N) is 3. The monoisotopic (exact) mass is 703 g/mol. The average Bonchev–Trinajstić information content (AvgIpc) is 3.79. The van der Waals surface area contributed by atoms with Gasteiger partial charge in [0.05, 0.1) is 22.4 Å². The second-order valence-electron chi connectivity index (χ2n) is 14.1. The SMILES string of the molecule is c1ccc2cc(-c3nc(-c4cccc5c(-n6c7ccc8ccccc8c7c7c8ccccc8ccc76)cccc45)nc4sc5ccccc5c34)ccc2c1. The van der Waals surface area contributed by atoms with Crippen LogP contribution >= 0.6 is 11.3 Å². The van der Waals surface area contributed by atoms with Crippen molar-refractivity contribution in [2.24, 2.45) is 0 Å². The highest BCUT2D eigenvalue weighted by Gasteiger charge is 2.21. The molecule has 54 heavy (non-hydrogen) atoms. The van der Waals surface area contributed by atoms with Crippen LogP contribution in [-0.4, -0.2) is 14.5 Å². The van der Waals surface area contributed by atoms with Crippen molar-refractivity contribution in [1.29, 1.82) is 0 Å². The normalized spacial score (nSPS) is 12.1. The van der Waals surface area contributed by atoms with E-state index in [9.17, 15) is 0 Å². The van der Waals surface area contributed by atoms with E-state index in [1.807, 2.05) is 0 Å². The molecule has 3 nitrogen and oxygen atoms in total. The number of hydrogen-bond donors (Lipinski definition) is 0. The van der Waals surface area contributed by atoms with E-state index in [1.54, 1.807) is 11.3 Å². The third-order valence-corrected chi connectivity index (χ3v) is 12.3. The van der Waals surface area contributed by atoms with Crippen LogP contribution in [0.1, 0.15) is 0 Å². The molecule has 0 N–H and O–H groups in total. The second kappa shape index (κ2) is 11.3. The first-order valence-electron chi connectivity index (χ1n) is 18.3. The van der Waals surface area contributed by atoms with Gasteiger partial charge in [-0.3, -0.25) is 0 Å². The van der Waals surface area contributed by atoms with Crippen LogP contribution in [0, 0.1) is 0 Å². The van der Waals surface area contributed by atoms with Gasteiger partial charge < -0.3 is 4.57 Å². The van der Waals surface area contributed by atoms with E-state index in [1.165, 1.54) is 64.2 Å². The zero-order valence-electron chi connectivity index (χ0n) is 29.0. The van der Waals surface area contributed by atoms with Crippen LogP contribution in [0.5, 0.6) is 0 Å². The Morgan fingerprint density at radius 1 is 0.407 bits per heavy atom. The molecule has 0 radical (unpaired) electrons. The predicted molar refractivity (Wildman–Crippen MR) is 230 cm³/mol. The lowest BCUT2D eigenvalue weighted by Crippen LogP contribution is -1.98. The van der Waals surface area contributed by atoms with Crippen molar-refractivity contribution in [3.8, 4) is 28.3 Å². The van der Waals surface area contributed by atoms with Gasteiger partial charge >= 0.3 is 0 Å². The minimum absolute atomic E-state index is 0.735. The number of fused-ring (bicyclic) bond motifs is 12. The molecule has 3 heterocycles. The van der Waals surface area contributed by atoms with Crippen molar-refractivity contribution in [1.82, 2.24) is 14.5 Å². The number of benzene rings is 9. The molecular formula is C50H29N3S. The minimum atomic E-state index is 0.735. The molecule has 4 heteroatoms. The van der Waals surface area contributed by atoms with Crippen molar-refractivity contribution in [2.45, 2.75) is 0 Å². The molecule has 0 aliphatic heterocycles. The van der Waals surface area contributed by atoms with Crippen molar-refractivity contribution in [3.63, 3.8) is 0 Å². The van der Waals surface area contributed by atoms with E-state index in [0.29, 0.717) is 0 Å². The maximum absolute atomic E-state index is 5.47. The van der Waals surface area contributed by atoms with Crippen molar-refractivity contribution in [2.75, 3.05) is 0 Å². The van der Waals surface area contributed by atoms with Gasteiger partial charge in [0, 0.05) is 42.8 Å². The van der Waals surface area contributed by atoms with Gasteiger partial charge in [0.2, 0.25) is 0 Å². The highest BCUT2D eigenvalue weighted by Crippen LogP contribution is 2.44. The Morgan fingerprint density at radius 3 is 1.76 bits per heavy atom. The molecule has 12 aromatic rings. The van der Waals surface area contributed by atoms with E-state index in [-0.39, 0.29) is 0 Å². The molecule has 0 amide bonds. The van der Waals surface area contributed by atoms with Gasteiger partial charge in [-0.15, -0.1) is 11.3 Å². The molecule has 0 spiro atoms. The molecule has 0 fully saturated rings. The van der Waals surface area contributed by atoms with Gasteiger partial charge in [0.25, 0.3) is 0 Å². The summed E-state index contributed by atoms with van der Waals surface area (Å²) in [4.78, 5) is 11.8. The molecule has 250 valence electrons. The molecule has 9 aromatic carbocycles. The number of hydrogen-bond acceptors (Lipinski definition) is 3. The van der Waals surface area contributed by atoms with Crippen LogP contribution in [0.2, 0.25) is 0 Å². The quantitative estimate of drug-likeness (QED) is 0.183. The number of aromatic nitrogens is 3. The van der Waals surface area contributed by atoms with Crippen LogP contribution in [-0.2, 0) is 0 Å². The third-order valence-electron chi connectivity index (χ3n) is 11.2. The lowest BCUT2D eigenvalue weighted by molar-refractivity contribution is 1.20. The summed E-state index contributed by atoms with van der Waals surface area (Å²) in [6.07, 6.45) is 0. The first-order valence-corrected chi connectivity index (χ1v) is 19.1. The Balaban J connectivity index is 1.15. The fraction of sp³-hybridized carbons (Fsp3) is 0. The second-order valence-corrected chi connectivity index (χ2v) is 15.1. The van der Waals surface area contributed by atoms with E-state index in [2.05, 4.69) is 180 Å². The van der Waals surface area contributed by atoms with Crippen LogP contribution < -0.4 is 0 Å². The van der Waals surface area contributed by atoms with Gasteiger partial charge in [-0.2, -0.15) is 0 Å². The highest BCUT2D eigenvalue weighted by molar-refractivity contribution is 7.25. The van der Waals surface area contributed by atoms with Gasteiger partial charge in [0.15, 0.2) is 5.82 Å². The van der Waals surface area contributed by atoms with Crippen LogP contribution in [0.3, 0.4) is 0 Å². The van der Waals surface area contributed by atoms with Crippen molar-refractivity contribution in [3.05, 3.63) is 176 Å². The first kappa shape index (κ1) is 29.7. The molecule has 0 saturated heterocycles. The largest absolute Gasteiger partial charge is 0.309 e. The van der Waals surface area contributed by atoms with Gasteiger partial charge in [-0.25, -0.2) is 9.97 Å². The zero-order valence-corrected chi connectivity index (χ0v) is 29.8. The summed E-state index contributed by atoms with van der Waals surface area (Å²) >= 11 is 1.74. The fourth-order valence-electron chi connectivity index (χ4n) is 8.78. The van der Waals surface area contributed by atoms with Gasteiger partial charge in [-0.1, -0.05) is 146 Å². The average molecular weight is 704 g/mol. The van der Waals surface area contributed by atoms with Gasteiger partial charge in [-0.05, 0) is 68.0 Å². The van der Waals surface area contributed by atoms with E-state index >= 15 is 0 Å². The zero-order chi connectivity index (χ0) is 35.3. The summed E-state index contributed by atoms with van der Waals surface area (Å²) in [5.74, 6) is 0.735. The summed E-state index contributed by atoms with van der Waals surface area (Å²) in [5, 5.41) is 14.6. The Hall–Kier alpha value is -6.88. The maximum atomic E-state index is 5.47. The summed E-state index contributed by atoms with van der Waals surface area (Å²) in [7, 11) is 0. The molecule has 0 aliphatic rings. The summed E-state index contributed by atoms with van der Waals surface area (Å²) in [6, 6.07) is 63.7.